The number of benzene rings is 3. The van der Waals surface area contributed by atoms with Gasteiger partial charge in [-0.3, -0.25) is 0 Å². The van der Waals surface area contributed by atoms with Crippen molar-refractivity contribution in [2.75, 3.05) is 7.11 Å². The number of nitriles is 1. The topological polar surface area (TPSA) is 42.2 Å². The van der Waals surface area contributed by atoms with E-state index in [2.05, 4.69) is 18.2 Å². The summed E-state index contributed by atoms with van der Waals surface area (Å²) in [6.45, 7) is 3.99. The molecule has 0 aliphatic rings. The number of hydrogen-bond acceptors (Lipinski definition) is 3. The van der Waals surface area contributed by atoms with Crippen molar-refractivity contribution < 1.29 is 9.47 Å². The normalized spacial score (nSPS) is 11.4. The molecule has 3 aromatic rings. The fourth-order valence-electron chi connectivity index (χ4n) is 2.88. The standard InChI is InChI=1S/C23H21NO2/c1-16(2)26-23-13-10-18-6-4-5-7-21(18)22(23)14-19(15-24)17-8-11-20(25-3)12-9-17/h4-14,16H,1-3H3/b19-14+. The molecule has 0 aliphatic heterocycles. The largest absolute Gasteiger partial charge is 0.497 e. The summed E-state index contributed by atoms with van der Waals surface area (Å²) in [6, 6.07) is 21.9. The van der Waals surface area contributed by atoms with Crippen LogP contribution in [0.5, 0.6) is 11.5 Å². The van der Waals surface area contributed by atoms with Gasteiger partial charge in [0.1, 0.15) is 11.5 Å². The number of allylic oxidation sites excluding steroid dienone is 1. The zero-order chi connectivity index (χ0) is 18.5. The van der Waals surface area contributed by atoms with Crippen molar-refractivity contribution in [2.45, 2.75) is 20.0 Å². The average molecular weight is 343 g/mol. The smallest absolute Gasteiger partial charge is 0.127 e. The quantitative estimate of drug-likeness (QED) is 0.441. The lowest BCUT2D eigenvalue weighted by atomic mass is 9.98. The van der Waals surface area contributed by atoms with Gasteiger partial charge in [-0.1, -0.05) is 30.3 Å². The van der Waals surface area contributed by atoms with Crippen molar-refractivity contribution in [2.24, 2.45) is 0 Å². The van der Waals surface area contributed by atoms with E-state index in [0.29, 0.717) is 5.57 Å². The summed E-state index contributed by atoms with van der Waals surface area (Å²) < 4.78 is 11.2. The molecule has 0 amide bonds. The second-order valence-corrected chi connectivity index (χ2v) is 6.26. The van der Waals surface area contributed by atoms with Crippen LogP contribution in [0.15, 0.2) is 60.7 Å². The van der Waals surface area contributed by atoms with E-state index in [9.17, 15) is 5.26 Å². The molecule has 3 heteroatoms. The zero-order valence-electron chi connectivity index (χ0n) is 15.2. The number of methoxy groups -OCH3 is 1. The molecule has 0 atom stereocenters. The lowest BCUT2D eigenvalue weighted by Gasteiger charge is -2.15. The van der Waals surface area contributed by atoms with Crippen LogP contribution in [0.3, 0.4) is 0 Å². The molecule has 130 valence electrons. The molecule has 0 saturated heterocycles. The lowest BCUT2D eigenvalue weighted by Crippen LogP contribution is -2.06. The number of hydrogen-bond donors (Lipinski definition) is 0. The molecule has 0 saturated carbocycles. The van der Waals surface area contributed by atoms with Gasteiger partial charge in [0.2, 0.25) is 0 Å². The predicted octanol–water partition coefficient (Wildman–Crippen LogP) is 5.70. The zero-order valence-corrected chi connectivity index (χ0v) is 15.2. The Hall–Kier alpha value is -3.25. The number of rotatable bonds is 5. The Morgan fingerprint density at radius 1 is 1.00 bits per heavy atom. The van der Waals surface area contributed by atoms with Gasteiger partial charge < -0.3 is 9.47 Å². The minimum absolute atomic E-state index is 0.0508. The van der Waals surface area contributed by atoms with E-state index in [1.165, 1.54) is 0 Å². The Bertz CT molecular complexity index is 979. The summed E-state index contributed by atoms with van der Waals surface area (Å²) in [7, 11) is 1.63. The summed E-state index contributed by atoms with van der Waals surface area (Å²) >= 11 is 0. The fraction of sp³-hybridized carbons (Fsp3) is 0.174. The first-order valence-corrected chi connectivity index (χ1v) is 8.57. The highest BCUT2D eigenvalue weighted by Crippen LogP contribution is 2.32. The van der Waals surface area contributed by atoms with Crippen LogP contribution in [-0.2, 0) is 0 Å². The molecule has 26 heavy (non-hydrogen) atoms. The van der Waals surface area contributed by atoms with Crippen molar-refractivity contribution in [3.05, 3.63) is 71.8 Å². The van der Waals surface area contributed by atoms with Crippen LogP contribution in [0.1, 0.15) is 25.0 Å². The molecular weight excluding hydrogens is 322 g/mol. The Kier molecular flexibility index (Phi) is 5.24. The highest BCUT2D eigenvalue weighted by molar-refractivity contribution is 6.00. The Morgan fingerprint density at radius 2 is 1.73 bits per heavy atom. The minimum Gasteiger partial charge on any atom is -0.497 e. The number of ether oxygens (including phenoxy) is 2. The van der Waals surface area contributed by atoms with E-state index in [0.717, 1.165) is 33.4 Å². The van der Waals surface area contributed by atoms with Gasteiger partial charge in [0.05, 0.1) is 24.9 Å². The van der Waals surface area contributed by atoms with Crippen molar-refractivity contribution >= 4 is 22.4 Å². The van der Waals surface area contributed by atoms with E-state index < -0.39 is 0 Å². The SMILES string of the molecule is COc1ccc(/C(C#N)=C/c2c(OC(C)C)ccc3ccccc23)cc1. The Morgan fingerprint density at radius 3 is 2.38 bits per heavy atom. The van der Waals surface area contributed by atoms with Crippen molar-refractivity contribution in [1.82, 2.24) is 0 Å². The van der Waals surface area contributed by atoms with Gasteiger partial charge in [-0.2, -0.15) is 5.26 Å². The molecule has 0 aromatic heterocycles. The van der Waals surface area contributed by atoms with Gasteiger partial charge >= 0.3 is 0 Å². The third-order valence-corrected chi connectivity index (χ3v) is 4.10. The monoisotopic (exact) mass is 343 g/mol. The van der Waals surface area contributed by atoms with E-state index in [4.69, 9.17) is 9.47 Å². The third kappa shape index (κ3) is 3.70. The van der Waals surface area contributed by atoms with Crippen LogP contribution in [0.2, 0.25) is 0 Å². The molecule has 0 aliphatic carbocycles. The maximum Gasteiger partial charge on any atom is 0.127 e. The molecule has 3 nitrogen and oxygen atoms in total. The van der Waals surface area contributed by atoms with Crippen LogP contribution in [0.4, 0.5) is 0 Å². The Balaban J connectivity index is 2.17. The van der Waals surface area contributed by atoms with Crippen LogP contribution in [0.25, 0.3) is 22.4 Å². The van der Waals surface area contributed by atoms with Gasteiger partial charge in [-0.15, -0.1) is 0 Å². The second-order valence-electron chi connectivity index (χ2n) is 6.26. The van der Waals surface area contributed by atoms with Crippen molar-refractivity contribution in [3.8, 4) is 17.6 Å². The summed E-state index contributed by atoms with van der Waals surface area (Å²) in [5.74, 6) is 1.54. The molecule has 0 heterocycles. The van der Waals surface area contributed by atoms with Gasteiger partial charge in [0.15, 0.2) is 0 Å². The highest BCUT2D eigenvalue weighted by Gasteiger charge is 2.11. The van der Waals surface area contributed by atoms with Crippen molar-refractivity contribution in [1.29, 1.82) is 5.26 Å². The van der Waals surface area contributed by atoms with Gasteiger partial charge in [0, 0.05) is 5.56 Å². The second kappa shape index (κ2) is 7.76. The molecule has 0 bridgehead atoms. The van der Waals surface area contributed by atoms with E-state index in [1.54, 1.807) is 7.11 Å². The van der Waals surface area contributed by atoms with E-state index >= 15 is 0 Å². The van der Waals surface area contributed by atoms with Crippen LogP contribution in [0, 0.1) is 11.3 Å². The first-order valence-electron chi connectivity index (χ1n) is 8.57. The summed E-state index contributed by atoms with van der Waals surface area (Å²) in [4.78, 5) is 0. The van der Waals surface area contributed by atoms with Gasteiger partial charge in [0.25, 0.3) is 0 Å². The molecule has 0 N–H and O–H groups in total. The average Bonchev–Trinajstić information content (AvgIpc) is 2.67. The first-order chi connectivity index (χ1) is 12.6. The van der Waals surface area contributed by atoms with Gasteiger partial charge in [-0.05, 0) is 66.6 Å². The highest BCUT2D eigenvalue weighted by atomic mass is 16.5. The van der Waals surface area contributed by atoms with Crippen LogP contribution >= 0.6 is 0 Å². The lowest BCUT2D eigenvalue weighted by molar-refractivity contribution is 0.242. The third-order valence-electron chi connectivity index (χ3n) is 4.10. The predicted molar refractivity (Wildman–Crippen MR) is 106 cm³/mol. The molecule has 0 fully saturated rings. The first kappa shape index (κ1) is 17.6. The van der Waals surface area contributed by atoms with Crippen molar-refractivity contribution in [3.63, 3.8) is 0 Å². The number of fused-ring (bicyclic) bond motifs is 1. The molecular formula is C23H21NO2. The van der Waals surface area contributed by atoms with E-state index in [1.807, 2.05) is 68.5 Å². The fourth-order valence-corrected chi connectivity index (χ4v) is 2.88. The molecule has 3 rings (SSSR count). The van der Waals surface area contributed by atoms with E-state index in [-0.39, 0.29) is 6.10 Å². The van der Waals surface area contributed by atoms with Crippen LogP contribution in [-0.4, -0.2) is 13.2 Å². The maximum absolute atomic E-state index is 9.72. The maximum atomic E-state index is 9.72. The molecule has 0 unspecified atom stereocenters. The summed E-state index contributed by atoms with van der Waals surface area (Å²) in [6.07, 6.45) is 1.96. The van der Waals surface area contributed by atoms with Gasteiger partial charge in [-0.25, -0.2) is 0 Å². The molecule has 3 aromatic carbocycles. The number of nitrogens with zero attached hydrogens (tertiary/aromatic N) is 1. The summed E-state index contributed by atoms with van der Waals surface area (Å²) in [5, 5.41) is 11.9. The summed E-state index contributed by atoms with van der Waals surface area (Å²) in [5.41, 5.74) is 2.35. The van der Waals surface area contributed by atoms with Crippen LogP contribution < -0.4 is 9.47 Å². The Labute approximate surface area is 154 Å². The minimum atomic E-state index is 0.0508. The molecule has 0 radical (unpaired) electrons. The molecule has 0 spiro atoms.